The maximum atomic E-state index is 2.50. The van der Waals surface area contributed by atoms with Gasteiger partial charge in [-0.25, -0.2) is 0 Å². The predicted octanol–water partition coefficient (Wildman–Crippen LogP) is 10.7. The van der Waals surface area contributed by atoms with E-state index in [1.54, 1.807) is 0 Å². The van der Waals surface area contributed by atoms with E-state index in [0.717, 1.165) is 0 Å². The van der Waals surface area contributed by atoms with Crippen molar-refractivity contribution in [2.75, 3.05) is 0 Å². The van der Waals surface area contributed by atoms with Crippen LogP contribution in [-0.4, -0.2) is 8.07 Å². The molecule has 0 spiro atoms. The average Bonchev–Trinajstić information content (AvgIpc) is 2.99. The summed E-state index contributed by atoms with van der Waals surface area (Å²) < 4.78 is 0. The molecule has 0 aliphatic carbocycles. The lowest BCUT2D eigenvalue weighted by Gasteiger charge is -2.22. The van der Waals surface area contributed by atoms with E-state index >= 15 is 0 Å². The summed E-state index contributed by atoms with van der Waals surface area (Å²) in [6.07, 6.45) is 0. The van der Waals surface area contributed by atoms with Crippen LogP contribution < -0.4 is 5.19 Å². The lowest BCUT2D eigenvalue weighted by molar-refractivity contribution is 1.61. The molecule has 0 saturated heterocycles. The number of hydrogen-bond donors (Lipinski definition) is 0. The van der Waals surface area contributed by atoms with Gasteiger partial charge in [0.15, 0.2) is 0 Å². The lowest BCUT2D eigenvalue weighted by atomic mass is 9.84. The van der Waals surface area contributed by atoms with E-state index in [1.807, 2.05) is 0 Å². The first-order valence-corrected chi connectivity index (χ1v) is 17.6. The molecule has 0 N–H and O–H groups in total. The van der Waals surface area contributed by atoms with Gasteiger partial charge in [0.25, 0.3) is 0 Å². The second-order valence-electron chi connectivity index (χ2n) is 11.8. The standard InChI is InChI=1S/C39H32Si/c1-40(2,3)31-24-25-36-37(26-31)38(30-22-20-28(21-23-30)27-12-5-4-6-13-27)34-17-9-10-18-35(34)39(36)33-19-11-15-29-14-7-8-16-32(29)33/h4-26H,1-3H3. The monoisotopic (exact) mass is 528 g/mol. The van der Waals surface area contributed by atoms with Gasteiger partial charge in [-0.2, -0.15) is 0 Å². The fourth-order valence-electron chi connectivity index (χ4n) is 6.15. The number of rotatable bonds is 4. The Morgan fingerprint density at radius 3 is 1.65 bits per heavy atom. The van der Waals surface area contributed by atoms with Gasteiger partial charge in [0.1, 0.15) is 0 Å². The zero-order valence-corrected chi connectivity index (χ0v) is 24.3. The predicted molar refractivity (Wildman–Crippen MR) is 178 cm³/mol. The van der Waals surface area contributed by atoms with Gasteiger partial charge < -0.3 is 0 Å². The highest BCUT2D eigenvalue weighted by molar-refractivity contribution is 6.88. The molecular formula is C39H32Si. The molecular weight excluding hydrogens is 497 g/mol. The second kappa shape index (κ2) is 9.62. The molecule has 0 heterocycles. The van der Waals surface area contributed by atoms with Crippen LogP contribution in [0.5, 0.6) is 0 Å². The van der Waals surface area contributed by atoms with Crippen molar-refractivity contribution in [2.24, 2.45) is 0 Å². The minimum absolute atomic E-state index is 1.24. The first kappa shape index (κ1) is 24.6. The maximum absolute atomic E-state index is 2.50. The molecule has 0 bridgehead atoms. The van der Waals surface area contributed by atoms with Gasteiger partial charge in [0.05, 0.1) is 8.07 Å². The second-order valence-corrected chi connectivity index (χ2v) is 16.9. The Balaban J connectivity index is 1.58. The molecule has 0 fully saturated rings. The van der Waals surface area contributed by atoms with Crippen molar-refractivity contribution in [1.82, 2.24) is 0 Å². The summed E-state index contributed by atoms with van der Waals surface area (Å²) in [5.74, 6) is 0. The van der Waals surface area contributed by atoms with Crippen molar-refractivity contribution in [3.8, 4) is 33.4 Å². The van der Waals surface area contributed by atoms with Crippen molar-refractivity contribution in [2.45, 2.75) is 19.6 Å². The molecule has 7 rings (SSSR count). The van der Waals surface area contributed by atoms with Crippen molar-refractivity contribution in [3.05, 3.63) is 140 Å². The molecule has 0 aromatic heterocycles. The minimum Gasteiger partial charge on any atom is -0.0656 e. The summed E-state index contributed by atoms with van der Waals surface area (Å²) >= 11 is 0. The van der Waals surface area contributed by atoms with Crippen molar-refractivity contribution in [1.29, 1.82) is 0 Å². The van der Waals surface area contributed by atoms with Gasteiger partial charge in [0, 0.05) is 0 Å². The highest BCUT2D eigenvalue weighted by atomic mass is 28.3. The summed E-state index contributed by atoms with van der Waals surface area (Å²) in [6, 6.07) is 51.5. The normalized spacial score (nSPS) is 11.9. The average molecular weight is 529 g/mol. The van der Waals surface area contributed by atoms with Gasteiger partial charge in [-0.15, -0.1) is 0 Å². The maximum Gasteiger partial charge on any atom is 0.0776 e. The van der Waals surface area contributed by atoms with E-state index in [-0.39, 0.29) is 0 Å². The topological polar surface area (TPSA) is 0 Å². The Hall–Kier alpha value is -4.46. The minimum atomic E-state index is -1.54. The van der Waals surface area contributed by atoms with Crippen LogP contribution in [0.4, 0.5) is 0 Å². The molecule has 0 radical (unpaired) electrons. The van der Waals surface area contributed by atoms with Gasteiger partial charge >= 0.3 is 0 Å². The van der Waals surface area contributed by atoms with E-state index in [1.165, 1.54) is 70.9 Å². The van der Waals surface area contributed by atoms with Crippen LogP contribution in [0, 0.1) is 0 Å². The van der Waals surface area contributed by atoms with E-state index in [2.05, 4.69) is 159 Å². The third-order valence-electron chi connectivity index (χ3n) is 8.23. The summed E-state index contributed by atoms with van der Waals surface area (Å²) in [5.41, 5.74) is 7.71. The van der Waals surface area contributed by atoms with Gasteiger partial charge in [0.2, 0.25) is 0 Å². The molecule has 0 aliphatic heterocycles. The highest BCUT2D eigenvalue weighted by Gasteiger charge is 2.22. The summed E-state index contributed by atoms with van der Waals surface area (Å²) in [4.78, 5) is 0. The highest BCUT2D eigenvalue weighted by Crippen LogP contribution is 2.45. The summed E-state index contributed by atoms with van der Waals surface area (Å²) in [6.45, 7) is 7.32. The van der Waals surface area contributed by atoms with E-state index in [4.69, 9.17) is 0 Å². The molecule has 0 aliphatic rings. The van der Waals surface area contributed by atoms with E-state index < -0.39 is 8.07 Å². The largest absolute Gasteiger partial charge is 0.0776 e. The molecule has 7 aromatic carbocycles. The Morgan fingerprint density at radius 2 is 0.925 bits per heavy atom. The molecule has 40 heavy (non-hydrogen) atoms. The zero-order valence-electron chi connectivity index (χ0n) is 23.3. The quantitative estimate of drug-likeness (QED) is 0.157. The molecule has 0 unspecified atom stereocenters. The molecule has 7 aromatic rings. The Bertz CT molecular complexity index is 2000. The van der Waals surface area contributed by atoms with Gasteiger partial charge in [-0.3, -0.25) is 0 Å². The van der Waals surface area contributed by atoms with Crippen LogP contribution >= 0.6 is 0 Å². The van der Waals surface area contributed by atoms with Gasteiger partial charge in [-0.05, 0) is 65.7 Å². The Morgan fingerprint density at radius 1 is 0.375 bits per heavy atom. The van der Waals surface area contributed by atoms with Crippen molar-refractivity contribution < 1.29 is 0 Å². The molecule has 192 valence electrons. The molecule has 0 saturated carbocycles. The third kappa shape index (κ3) is 4.15. The number of benzene rings is 7. The van der Waals surface area contributed by atoms with E-state index in [0.29, 0.717) is 0 Å². The van der Waals surface area contributed by atoms with Crippen LogP contribution in [0.3, 0.4) is 0 Å². The number of hydrogen-bond acceptors (Lipinski definition) is 0. The smallest absolute Gasteiger partial charge is 0.0656 e. The van der Waals surface area contributed by atoms with Crippen LogP contribution in [0.2, 0.25) is 19.6 Å². The molecule has 0 nitrogen and oxygen atoms in total. The molecule has 0 atom stereocenters. The van der Waals surface area contributed by atoms with Crippen LogP contribution in [0.25, 0.3) is 65.7 Å². The van der Waals surface area contributed by atoms with Crippen molar-refractivity contribution in [3.63, 3.8) is 0 Å². The van der Waals surface area contributed by atoms with Gasteiger partial charge in [-0.1, -0.05) is 164 Å². The Labute approximate surface area is 237 Å². The third-order valence-corrected chi connectivity index (χ3v) is 10.3. The fourth-order valence-corrected chi connectivity index (χ4v) is 7.31. The summed E-state index contributed by atoms with van der Waals surface area (Å²) in [7, 11) is -1.54. The fraction of sp³-hybridized carbons (Fsp3) is 0.0769. The van der Waals surface area contributed by atoms with Crippen LogP contribution in [0.1, 0.15) is 0 Å². The lowest BCUT2D eigenvalue weighted by Crippen LogP contribution is -2.37. The SMILES string of the molecule is C[Si](C)(C)c1ccc2c(-c3cccc4ccccc34)c3ccccc3c(-c3ccc(-c4ccccc4)cc3)c2c1. The van der Waals surface area contributed by atoms with E-state index in [9.17, 15) is 0 Å². The van der Waals surface area contributed by atoms with Crippen molar-refractivity contribution >= 4 is 45.6 Å². The Kier molecular flexibility index (Phi) is 5.91. The first-order chi connectivity index (χ1) is 19.5. The number of fused-ring (bicyclic) bond motifs is 3. The zero-order chi connectivity index (χ0) is 27.3. The molecule has 0 amide bonds. The molecule has 1 heteroatoms. The first-order valence-electron chi connectivity index (χ1n) is 14.1. The van der Waals surface area contributed by atoms with Crippen LogP contribution in [-0.2, 0) is 0 Å². The van der Waals surface area contributed by atoms with Crippen LogP contribution in [0.15, 0.2) is 140 Å². The summed E-state index contributed by atoms with van der Waals surface area (Å²) in [5, 5.41) is 9.32.